The number of fused-ring (bicyclic) bond motifs is 1. The van der Waals surface area contributed by atoms with E-state index in [-0.39, 0.29) is 17.9 Å². The fourth-order valence-electron chi connectivity index (χ4n) is 3.15. The topological polar surface area (TPSA) is 77.6 Å². The van der Waals surface area contributed by atoms with Crippen molar-refractivity contribution in [2.75, 3.05) is 0 Å². The van der Waals surface area contributed by atoms with Crippen molar-refractivity contribution in [2.24, 2.45) is 5.92 Å². The molecule has 27 heavy (non-hydrogen) atoms. The van der Waals surface area contributed by atoms with Gasteiger partial charge in [-0.2, -0.15) is 5.10 Å². The van der Waals surface area contributed by atoms with E-state index in [4.69, 9.17) is 0 Å². The first-order valence-electron chi connectivity index (χ1n) is 9.45. The number of amides is 1. The largest absolute Gasteiger partial charge is 0.351 e. The van der Waals surface area contributed by atoms with Gasteiger partial charge in [-0.05, 0) is 44.4 Å². The summed E-state index contributed by atoms with van der Waals surface area (Å²) in [7, 11) is 0. The molecule has 7 nitrogen and oxygen atoms in total. The van der Waals surface area contributed by atoms with E-state index in [1.54, 1.807) is 0 Å². The van der Waals surface area contributed by atoms with E-state index >= 15 is 0 Å². The summed E-state index contributed by atoms with van der Waals surface area (Å²) in [5, 5.41) is 16.1. The number of carbonyl (C=O) groups is 1. The fraction of sp³-hybridized carbons (Fsp3) is 0.500. The number of hydrogen-bond acceptors (Lipinski definition) is 4. The number of rotatable bonds is 7. The van der Waals surface area contributed by atoms with Crippen molar-refractivity contribution in [3.63, 3.8) is 0 Å². The molecule has 0 radical (unpaired) electrons. The minimum atomic E-state index is -0.00945. The monoisotopic (exact) mass is 368 g/mol. The van der Waals surface area contributed by atoms with Crippen LogP contribution in [0, 0.1) is 26.7 Å². The predicted octanol–water partition coefficient (Wildman–Crippen LogP) is 2.78. The van der Waals surface area contributed by atoms with Crippen molar-refractivity contribution in [2.45, 2.75) is 60.2 Å². The lowest BCUT2D eigenvalue weighted by molar-refractivity contribution is -0.122. The molecular weight excluding hydrogens is 340 g/mol. The van der Waals surface area contributed by atoms with Gasteiger partial charge in [-0.15, -0.1) is 5.10 Å². The van der Waals surface area contributed by atoms with Crippen LogP contribution in [0.3, 0.4) is 0 Å². The molecule has 1 N–H and O–H groups in total. The molecule has 0 bridgehead atoms. The number of nitrogens with zero attached hydrogens (tertiary/aromatic N) is 5. The van der Waals surface area contributed by atoms with Crippen LogP contribution in [0.25, 0.3) is 11.0 Å². The molecule has 0 aliphatic rings. The number of aromatic nitrogens is 5. The Morgan fingerprint density at radius 3 is 2.56 bits per heavy atom. The van der Waals surface area contributed by atoms with E-state index in [1.165, 1.54) is 5.56 Å². The summed E-state index contributed by atoms with van der Waals surface area (Å²) in [5.74, 6) is 0.316. The molecule has 2 aromatic heterocycles. The summed E-state index contributed by atoms with van der Waals surface area (Å²) in [5.41, 5.74) is 5.18. The van der Waals surface area contributed by atoms with Crippen molar-refractivity contribution in [3.05, 3.63) is 41.2 Å². The second kappa shape index (κ2) is 7.90. The van der Waals surface area contributed by atoms with Gasteiger partial charge in [0, 0.05) is 18.7 Å². The second-order valence-electron chi connectivity index (χ2n) is 7.45. The van der Waals surface area contributed by atoms with Gasteiger partial charge in [0.15, 0.2) is 0 Å². The number of nitrogens with one attached hydrogen (secondary N) is 1. The van der Waals surface area contributed by atoms with Crippen LogP contribution in [0.15, 0.2) is 24.3 Å². The van der Waals surface area contributed by atoms with Crippen LogP contribution in [0.2, 0.25) is 0 Å². The molecule has 0 saturated heterocycles. The zero-order chi connectivity index (χ0) is 19.6. The van der Waals surface area contributed by atoms with Crippen LogP contribution < -0.4 is 5.32 Å². The highest BCUT2D eigenvalue weighted by atomic mass is 16.1. The third-order valence-corrected chi connectivity index (χ3v) is 5.23. The maximum absolute atomic E-state index is 12.5. The van der Waals surface area contributed by atoms with Crippen molar-refractivity contribution in [1.29, 1.82) is 0 Å². The first-order chi connectivity index (χ1) is 12.9. The molecule has 2 heterocycles. The summed E-state index contributed by atoms with van der Waals surface area (Å²) in [6, 6.07) is 7.85. The molecule has 0 fully saturated rings. The predicted molar refractivity (Wildman–Crippen MR) is 105 cm³/mol. The highest BCUT2D eigenvalue weighted by Gasteiger charge is 2.19. The van der Waals surface area contributed by atoms with E-state index < -0.39 is 0 Å². The number of para-hydroxylation sites is 1. The van der Waals surface area contributed by atoms with Crippen LogP contribution in [0.5, 0.6) is 0 Å². The molecule has 0 spiro atoms. The summed E-state index contributed by atoms with van der Waals surface area (Å²) in [4.78, 5) is 12.5. The highest BCUT2D eigenvalue weighted by molar-refractivity contribution is 5.76. The van der Waals surface area contributed by atoms with Gasteiger partial charge in [-0.3, -0.25) is 9.48 Å². The van der Waals surface area contributed by atoms with E-state index in [1.807, 2.05) is 47.5 Å². The Hall–Kier alpha value is -2.70. The van der Waals surface area contributed by atoms with Crippen LogP contribution >= 0.6 is 0 Å². The normalized spacial score (nSPS) is 12.7. The third-order valence-electron chi connectivity index (χ3n) is 5.23. The van der Waals surface area contributed by atoms with Gasteiger partial charge in [0.05, 0.1) is 23.8 Å². The SMILES string of the molecule is Cc1nn(CCC(=O)N[C@H](Cn2nnc3ccccc32)C(C)C)c(C)c1C. The smallest absolute Gasteiger partial charge is 0.222 e. The first kappa shape index (κ1) is 19.1. The van der Waals surface area contributed by atoms with Crippen molar-refractivity contribution in [1.82, 2.24) is 30.1 Å². The van der Waals surface area contributed by atoms with Gasteiger partial charge in [0.25, 0.3) is 0 Å². The maximum atomic E-state index is 12.5. The molecule has 3 rings (SSSR count). The van der Waals surface area contributed by atoms with Crippen LogP contribution in [0.1, 0.15) is 37.2 Å². The van der Waals surface area contributed by atoms with E-state index in [9.17, 15) is 4.79 Å². The molecule has 0 aliphatic carbocycles. The van der Waals surface area contributed by atoms with Gasteiger partial charge in [0.1, 0.15) is 5.52 Å². The lowest BCUT2D eigenvalue weighted by atomic mass is 10.0. The highest BCUT2D eigenvalue weighted by Crippen LogP contribution is 2.14. The van der Waals surface area contributed by atoms with E-state index in [0.717, 1.165) is 22.4 Å². The molecule has 1 atom stereocenters. The zero-order valence-corrected chi connectivity index (χ0v) is 16.7. The minimum Gasteiger partial charge on any atom is -0.351 e. The molecular formula is C20H28N6O. The van der Waals surface area contributed by atoms with E-state index in [0.29, 0.717) is 19.5 Å². The molecule has 0 saturated carbocycles. The van der Waals surface area contributed by atoms with Crippen molar-refractivity contribution in [3.8, 4) is 0 Å². The Balaban J connectivity index is 1.63. The Kier molecular flexibility index (Phi) is 5.58. The lowest BCUT2D eigenvalue weighted by Crippen LogP contribution is -2.42. The number of benzene rings is 1. The molecule has 1 aromatic carbocycles. The third kappa shape index (κ3) is 4.18. The quantitative estimate of drug-likeness (QED) is 0.696. The van der Waals surface area contributed by atoms with Crippen LogP contribution in [-0.2, 0) is 17.9 Å². The number of carbonyl (C=O) groups excluding carboxylic acids is 1. The molecule has 144 valence electrons. The Morgan fingerprint density at radius 1 is 1.15 bits per heavy atom. The molecule has 1 amide bonds. The van der Waals surface area contributed by atoms with Gasteiger partial charge in [-0.25, -0.2) is 4.68 Å². The summed E-state index contributed by atoms with van der Waals surface area (Å²) in [6.45, 7) is 11.5. The Morgan fingerprint density at radius 2 is 1.89 bits per heavy atom. The average molecular weight is 368 g/mol. The second-order valence-corrected chi connectivity index (χ2v) is 7.45. The van der Waals surface area contributed by atoms with Crippen LogP contribution in [0.4, 0.5) is 0 Å². The molecule has 7 heteroatoms. The van der Waals surface area contributed by atoms with Gasteiger partial charge in [-0.1, -0.05) is 31.2 Å². The standard InChI is InChI=1S/C20H28N6O/c1-13(2)18(12-26-19-9-7-6-8-17(19)22-24-26)21-20(27)10-11-25-16(5)14(3)15(4)23-25/h6-9,13,18H,10-12H2,1-5H3,(H,21,27)/t18-/m1/s1. The maximum Gasteiger partial charge on any atom is 0.222 e. The summed E-state index contributed by atoms with van der Waals surface area (Å²) in [6.07, 6.45) is 0.405. The van der Waals surface area contributed by atoms with Gasteiger partial charge >= 0.3 is 0 Å². The number of hydrogen-bond donors (Lipinski definition) is 1. The van der Waals surface area contributed by atoms with E-state index in [2.05, 4.69) is 41.5 Å². The van der Waals surface area contributed by atoms with Crippen LogP contribution in [-0.4, -0.2) is 36.7 Å². The lowest BCUT2D eigenvalue weighted by Gasteiger charge is -2.22. The number of aryl methyl sites for hydroxylation is 2. The van der Waals surface area contributed by atoms with Crippen molar-refractivity contribution >= 4 is 16.9 Å². The Bertz CT molecular complexity index is 939. The minimum absolute atomic E-state index is 0.00945. The first-order valence-corrected chi connectivity index (χ1v) is 9.45. The van der Waals surface area contributed by atoms with Gasteiger partial charge < -0.3 is 5.32 Å². The molecule has 0 unspecified atom stereocenters. The fourth-order valence-corrected chi connectivity index (χ4v) is 3.15. The molecule has 0 aliphatic heterocycles. The van der Waals surface area contributed by atoms with Crippen molar-refractivity contribution < 1.29 is 4.79 Å². The average Bonchev–Trinajstić information content (AvgIpc) is 3.16. The zero-order valence-electron chi connectivity index (χ0n) is 16.7. The molecule has 3 aromatic rings. The summed E-state index contributed by atoms with van der Waals surface area (Å²) >= 11 is 0. The summed E-state index contributed by atoms with van der Waals surface area (Å²) < 4.78 is 3.78. The van der Waals surface area contributed by atoms with Gasteiger partial charge in [0.2, 0.25) is 5.91 Å². The Labute approximate surface area is 159 Å².